The molecule has 0 aliphatic heterocycles. The Bertz CT molecular complexity index is 496. The van der Waals surface area contributed by atoms with Gasteiger partial charge in [-0.15, -0.1) is 10.2 Å². The normalized spacial score (nSPS) is 12.6. The van der Waals surface area contributed by atoms with Gasteiger partial charge in [-0.2, -0.15) is 0 Å². The molecule has 1 aromatic carbocycles. The molecule has 0 saturated heterocycles. The van der Waals surface area contributed by atoms with Crippen LogP contribution in [0.1, 0.15) is 31.7 Å². The maximum atomic E-state index is 5.94. The number of benzene rings is 1. The lowest BCUT2D eigenvalue weighted by Gasteiger charge is -2.09. The molecule has 0 saturated carbocycles. The van der Waals surface area contributed by atoms with E-state index in [-0.39, 0.29) is 12.0 Å². The first-order valence-electron chi connectivity index (χ1n) is 6.42. The van der Waals surface area contributed by atoms with Gasteiger partial charge in [-0.3, -0.25) is 0 Å². The standard InChI is InChI=1S/C14H19N3O2/c1-10(2)13(15)14-17-16-12(19-14)8-9-18-11-6-4-3-5-7-11/h3-7,10,13H,8-9,15H2,1-2H3. The van der Waals surface area contributed by atoms with Crippen molar-refractivity contribution >= 4 is 0 Å². The van der Waals surface area contributed by atoms with E-state index < -0.39 is 0 Å². The summed E-state index contributed by atoms with van der Waals surface area (Å²) in [7, 11) is 0. The van der Waals surface area contributed by atoms with Crippen molar-refractivity contribution in [2.24, 2.45) is 11.7 Å². The molecule has 0 fully saturated rings. The molecule has 2 aromatic rings. The van der Waals surface area contributed by atoms with Crippen molar-refractivity contribution in [2.75, 3.05) is 6.61 Å². The van der Waals surface area contributed by atoms with E-state index in [4.69, 9.17) is 14.9 Å². The molecule has 0 spiro atoms. The molecule has 0 bridgehead atoms. The summed E-state index contributed by atoms with van der Waals surface area (Å²) in [6.07, 6.45) is 0.576. The Labute approximate surface area is 112 Å². The summed E-state index contributed by atoms with van der Waals surface area (Å²) in [5.74, 6) is 2.15. The number of nitrogens with zero attached hydrogens (tertiary/aromatic N) is 2. The molecule has 0 amide bonds. The first-order valence-corrected chi connectivity index (χ1v) is 6.42. The Balaban J connectivity index is 1.84. The molecule has 1 aromatic heterocycles. The number of hydrogen-bond donors (Lipinski definition) is 1. The fourth-order valence-corrected chi connectivity index (χ4v) is 1.56. The third kappa shape index (κ3) is 3.79. The largest absolute Gasteiger partial charge is 0.493 e. The third-order valence-corrected chi connectivity index (χ3v) is 2.81. The van der Waals surface area contributed by atoms with Gasteiger partial charge in [0.05, 0.1) is 19.1 Å². The number of ether oxygens (including phenoxy) is 1. The first kappa shape index (κ1) is 13.5. The molecule has 0 radical (unpaired) electrons. The van der Waals surface area contributed by atoms with Crippen LogP contribution < -0.4 is 10.5 Å². The van der Waals surface area contributed by atoms with Gasteiger partial charge in [-0.25, -0.2) is 0 Å². The number of rotatable bonds is 6. The summed E-state index contributed by atoms with van der Waals surface area (Å²) in [6, 6.07) is 9.42. The monoisotopic (exact) mass is 261 g/mol. The Morgan fingerprint density at radius 1 is 1.21 bits per heavy atom. The second-order valence-electron chi connectivity index (χ2n) is 4.72. The van der Waals surface area contributed by atoms with Crippen LogP contribution in [0.25, 0.3) is 0 Å². The lowest BCUT2D eigenvalue weighted by molar-refractivity contribution is 0.298. The zero-order valence-corrected chi connectivity index (χ0v) is 11.2. The fourth-order valence-electron chi connectivity index (χ4n) is 1.56. The first-order chi connectivity index (χ1) is 9.16. The molecular formula is C14H19N3O2. The Morgan fingerprint density at radius 3 is 2.63 bits per heavy atom. The van der Waals surface area contributed by atoms with Gasteiger partial charge >= 0.3 is 0 Å². The summed E-state index contributed by atoms with van der Waals surface area (Å²) >= 11 is 0. The summed E-state index contributed by atoms with van der Waals surface area (Å²) in [5.41, 5.74) is 5.94. The van der Waals surface area contributed by atoms with E-state index in [1.165, 1.54) is 0 Å². The van der Waals surface area contributed by atoms with Crippen LogP contribution in [0.15, 0.2) is 34.7 Å². The molecule has 5 nitrogen and oxygen atoms in total. The Kier molecular flexibility index (Phi) is 4.52. The van der Waals surface area contributed by atoms with E-state index in [1.807, 2.05) is 44.2 Å². The van der Waals surface area contributed by atoms with Crippen LogP contribution in [-0.4, -0.2) is 16.8 Å². The molecule has 5 heteroatoms. The Hall–Kier alpha value is -1.88. The van der Waals surface area contributed by atoms with Gasteiger partial charge in [0, 0.05) is 0 Å². The third-order valence-electron chi connectivity index (χ3n) is 2.81. The highest BCUT2D eigenvalue weighted by atomic mass is 16.5. The highest BCUT2D eigenvalue weighted by Gasteiger charge is 2.17. The van der Waals surface area contributed by atoms with E-state index in [9.17, 15) is 0 Å². The molecule has 1 unspecified atom stereocenters. The van der Waals surface area contributed by atoms with Crippen LogP contribution in [0.3, 0.4) is 0 Å². The fraction of sp³-hybridized carbons (Fsp3) is 0.429. The highest BCUT2D eigenvalue weighted by molar-refractivity contribution is 5.20. The minimum atomic E-state index is -0.212. The van der Waals surface area contributed by atoms with Crippen LogP contribution in [-0.2, 0) is 6.42 Å². The van der Waals surface area contributed by atoms with Gasteiger partial charge in [-0.05, 0) is 18.1 Å². The molecule has 2 N–H and O–H groups in total. The lowest BCUT2D eigenvalue weighted by Crippen LogP contribution is -2.16. The van der Waals surface area contributed by atoms with Crippen LogP contribution >= 0.6 is 0 Å². The quantitative estimate of drug-likeness (QED) is 0.864. The van der Waals surface area contributed by atoms with Gasteiger partial charge in [-0.1, -0.05) is 32.0 Å². The number of aromatic nitrogens is 2. The van der Waals surface area contributed by atoms with Crippen LogP contribution in [0.5, 0.6) is 5.75 Å². The van der Waals surface area contributed by atoms with E-state index in [0.29, 0.717) is 24.8 Å². The van der Waals surface area contributed by atoms with Gasteiger partial charge in [0.25, 0.3) is 0 Å². The number of para-hydroxylation sites is 1. The molecule has 2 rings (SSSR count). The van der Waals surface area contributed by atoms with E-state index in [0.717, 1.165) is 5.75 Å². The van der Waals surface area contributed by atoms with Crippen molar-refractivity contribution in [3.63, 3.8) is 0 Å². The Morgan fingerprint density at radius 2 is 1.95 bits per heavy atom. The molecule has 1 heterocycles. The predicted octanol–water partition coefficient (Wildman–Crippen LogP) is 2.35. The molecule has 19 heavy (non-hydrogen) atoms. The van der Waals surface area contributed by atoms with Crippen molar-refractivity contribution in [1.82, 2.24) is 10.2 Å². The summed E-state index contributed by atoms with van der Waals surface area (Å²) in [4.78, 5) is 0. The number of nitrogens with two attached hydrogens (primary N) is 1. The summed E-state index contributed by atoms with van der Waals surface area (Å²) in [6.45, 7) is 4.54. The van der Waals surface area contributed by atoms with Crippen molar-refractivity contribution in [1.29, 1.82) is 0 Å². The zero-order chi connectivity index (χ0) is 13.7. The smallest absolute Gasteiger partial charge is 0.233 e. The van der Waals surface area contributed by atoms with Gasteiger partial charge in [0.2, 0.25) is 11.8 Å². The average Bonchev–Trinajstić information content (AvgIpc) is 2.88. The molecule has 1 atom stereocenters. The second-order valence-corrected chi connectivity index (χ2v) is 4.72. The molecule has 0 aliphatic carbocycles. The van der Waals surface area contributed by atoms with Crippen LogP contribution in [0.2, 0.25) is 0 Å². The molecule has 0 aliphatic rings. The van der Waals surface area contributed by atoms with E-state index in [1.54, 1.807) is 0 Å². The molecule has 102 valence electrons. The minimum absolute atomic E-state index is 0.212. The topological polar surface area (TPSA) is 74.2 Å². The average molecular weight is 261 g/mol. The van der Waals surface area contributed by atoms with Gasteiger partial charge < -0.3 is 14.9 Å². The van der Waals surface area contributed by atoms with Crippen molar-refractivity contribution in [3.05, 3.63) is 42.1 Å². The highest BCUT2D eigenvalue weighted by Crippen LogP contribution is 2.17. The second kappa shape index (κ2) is 6.33. The van der Waals surface area contributed by atoms with Crippen LogP contribution in [0.4, 0.5) is 0 Å². The lowest BCUT2D eigenvalue weighted by atomic mass is 10.1. The van der Waals surface area contributed by atoms with Gasteiger partial charge in [0.1, 0.15) is 5.75 Å². The maximum absolute atomic E-state index is 5.94. The van der Waals surface area contributed by atoms with Crippen molar-refractivity contribution < 1.29 is 9.15 Å². The summed E-state index contributed by atoms with van der Waals surface area (Å²) in [5, 5.41) is 7.94. The van der Waals surface area contributed by atoms with Crippen molar-refractivity contribution in [3.8, 4) is 5.75 Å². The van der Waals surface area contributed by atoms with Crippen LogP contribution in [0, 0.1) is 5.92 Å². The zero-order valence-electron chi connectivity index (χ0n) is 11.2. The molecular weight excluding hydrogens is 242 g/mol. The maximum Gasteiger partial charge on any atom is 0.233 e. The number of hydrogen-bond acceptors (Lipinski definition) is 5. The SMILES string of the molecule is CC(C)C(N)c1nnc(CCOc2ccccc2)o1. The summed E-state index contributed by atoms with van der Waals surface area (Å²) < 4.78 is 11.1. The van der Waals surface area contributed by atoms with E-state index >= 15 is 0 Å². The minimum Gasteiger partial charge on any atom is -0.493 e. The van der Waals surface area contributed by atoms with Crippen molar-refractivity contribution in [2.45, 2.75) is 26.3 Å². The van der Waals surface area contributed by atoms with E-state index in [2.05, 4.69) is 10.2 Å². The van der Waals surface area contributed by atoms with Gasteiger partial charge in [0.15, 0.2) is 0 Å². The predicted molar refractivity (Wildman–Crippen MR) is 71.7 cm³/mol.